The molecule has 0 saturated carbocycles. The van der Waals surface area contributed by atoms with Gasteiger partial charge in [-0.05, 0) is 39.8 Å². The Bertz CT molecular complexity index is 154. The van der Waals surface area contributed by atoms with Crippen molar-refractivity contribution in [2.24, 2.45) is 11.5 Å². The van der Waals surface area contributed by atoms with Gasteiger partial charge in [0.15, 0.2) is 11.6 Å². The Hall–Kier alpha value is -0.200. The Labute approximate surface area is 91.4 Å². The molecule has 0 aromatic carbocycles. The molecule has 0 bridgehead atoms. The maximum Gasteiger partial charge on any atom is 0.166 e. The number of nitrogens with two attached hydrogens (primary N) is 2. The maximum atomic E-state index is 9.81. The van der Waals surface area contributed by atoms with Gasteiger partial charge in [0.05, 0.1) is 0 Å². The second-order valence-electron chi connectivity index (χ2n) is 4.24. The topological polar surface area (TPSA) is 102 Å². The third kappa shape index (κ3) is 7.70. The predicted octanol–water partition coefficient (Wildman–Crippen LogP) is -0.102. The van der Waals surface area contributed by atoms with E-state index in [1.807, 2.05) is 0 Å². The summed E-state index contributed by atoms with van der Waals surface area (Å²) < 4.78 is 5.23. The van der Waals surface area contributed by atoms with Crippen molar-refractivity contribution in [3.8, 4) is 0 Å². The maximum absolute atomic E-state index is 9.81. The molecule has 2 unspecified atom stereocenters. The largest absolute Gasteiger partial charge is 0.366 e. The zero-order chi connectivity index (χ0) is 11.9. The summed E-state index contributed by atoms with van der Waals surface area (Å²) in [6, 6.07) is 0. The molecule has 0 saturated heterocycles. The van der Waals surface area contributed by atoms with E-state index in [1.54, 1.807) is 0 Å². The van der Waals surface area contributed by atoms with Crippen LogP contribution in [0.5, 0.6) is 0 Å². The van der Waals surface area contributed by atoms with E-state index in [4.69, 9.17) is 16.2 Å². The fraction of sp³-hybridized carbons (Fsp3) is 1.00. The second kappa shape index (κ2) is 6.40. The molecule has 0 aliphatic heterocycles. The van der Waals surface area contributed by atoms with Gasteiger partial charge >= 0.3 is 0 Å². The number of hydrogen-bond donors (Lipinski definition) is 4. The molecule has 0 aromatic heterocycles. The summed E-state index contributed by atoms with van der Waals surface area (Å²) in [7, 11) is 0. The van der Waals surface area contributed by atoms with Crippen LogP contribution in [0.1, 0.15) is 39.5 Å². The minimum absolute atomic E-state index is 0.405. The lowest BCUT2D eigenvalue weighted by molar-refractivity contribution is -0.323. The van der Waals surface area contributed by atoms with Crippen molar-refractivity contribution < 1.29 is 14.9 Å². The van der Waals surface area contributed by atoms with Gasteiger partial charge in [0.25, 0.3) is 0 Å². The highest BCUT2D eigenvalue weighted by atomic mass is 16.7. The lowest BCUT2D eigenvalue weighted by atomic mass is 10.1. The van der Waals surface area contributed by atoms with Crippen molar-refractivity contribution in [2.75, 3.05) is 13.1 Å². The standard InChI is InChI=1S/C10H24N2O3/c1-9(13,5-3-7-11)15-10(2,14)6-4-8-12/h13-14H,3-8,11-12H2,1-2H3. The predicted molar refractivity (Wildman–Crippen MR) is 58.9 cm³/mol. The van der Waals surface area contributed by atoms with Crippen LogP contribution in [-0.4, -0.2) is 34.9 Å². The van der Waals surface area contributed by atoms with E-state index in [9.17, 15) is 10.2 Å². The van der Waals surface area contributed by atoms with Crippen molar-refractivity contribution in [1.29, 1.82) is 0 Å². The van der Waals surface area contributed by atoms with E-state index < -0.39 is 11.6 Å². The normalized spacial score (nSPS) is 19.6. The quantitative estimate of drug-likeness (QED) is 0.428. The molecular formula is C10H24N2O3. The first kappa shape index (κ1) is 14.8. The molecule has 0 aliphatic rings. The first-order valence-corrected chi connectivity index (χ1v) is 5.38. The average Bonchev–Trinajstić information content (AvgIpc) is 2.10. The molecule has 0 heterocycles. The SMILES string of the molecule is CC(O)(CCCN)OC(C)(O)CCCN. The summed E-state index contributed by atoms with van der Waals surface area (Å²) in [6.45, 7) is 4.04. The molecular weight excluding hydrogens is 196 g/mol. The van der Waals surface area contributed by atoms with Crippen LogP contribution >= 0.6 is 0 Å². The molecule has 0 aliphatic carbocycles. The molecule has 0 amide bonds. The van der Waals surface area contributed by atoms with Crippen LogP contribution < -0.4 is 11.5 Å². The van der Waals surface area contributed by atoms with Gasteiger partial charge < -0.3 is 26.4 Å². The summed E-state index contributed by atoms with van der Waals surface area (Å²) in [5.41, 5.74) is 10.7. The third-order valence-electron chi connectivity index (χ3n) is 2.13. The van der Waals surface area contributed by atoms with Gasteiger partial charge in [0.1, 0.15) is 0 Å². The van der Waals surface area contributed by atoms with Crippen LogP contribution in [0.4, 0.5) is 0 Å². The fourth-order valence-electron chi connectivity index (χ4n) is 1.44. The zero-order valence-corrected chi connectivity index (χ0v) is 9.70. The summed E-state index contributed by atoms with van der Waals surface area (Å²) in [5.74, 6) is -2.67. The van der Waals surface area contributed by atoms with E-state index in [2.05, 4.69) is 0 Å². The van der Waals surface area contributed by atoms with Gasteiger partial charge in [-0.25, -0.2) is 0 Å². The highest BCUT2D eigenvalue weighted by Crippen LogP contribution is 2.23. The van der Waals surface area contributed by atoms with Crippen LogP contribution in [0.25, 0.3) is 0 Å². The molecule has 0 aromatic rings. The minimum Gasteiger partial charge on any atom is -0.366 e. The fourth-order valence-corrected chi connectivity index (χ4v) is 1.44. The van der Waals surface area contributed by atoms with Gasteiger partial charge in [-0.2, -0.15) is 0 Å². The van der Waals surface area contributed by atoms with E-state index in [0.29, 0.717) is 38.8 Å². The lowest BCUT2D eigenvalue weighted by Gasteiger charge is -2.33. The van der Waals surface area contributed by atoms with Gasteiger partial charge in [-0.1, -0.05) is 0 Å². The minimum atomic E-state index is -1.34. The monoisotopic (exact) mass is 220 g/mol. The van der Waals surface area contributed by atoms with Crippen molar-refractivity contribution in [2.45, 2.75) is 51.1 Å². The lowest BCUT2D eigenvalue weighted by Crippen LogP contribution is -2.41. The molecule has 5 heteroatoms. The van der Waals surface area contributed by atoms with Crippen molar-refractivity contribution in [3.63, 3.8) is 0 Å². The van der Waals surface area contributed by atoms with Crippen LogP contribution in [0.3, 0.4) is 0 Å². The highest BCUT2D eigenvalue weighted by molar-refractivity contribution is 4.68. The van der Waals surface area contributed by atoms with E-state index in [1.165, 1.54) is 13.8 Å². The number of ether oxygens (including phenoxy) is 1. The first-order chi connectivity index (χ1) is 6.83. The number of hydrogen-bond acceptors (Lipinski definition) is 5. The third-order valence-corrected chi connectivity index (χ3v) is 2.13. The summed E-state index contributed by atoms with van der Waals surface area (Å²) in [6.07, 6.45) is 2.12. The first-order valence-electron chi connectivity index (χ1n) is 5.38. The summed E-state index contributed by atoms with van der Waals surface area (Å²) in [5, 5.41) is 19.6. The van der Waals surface area contributed by atoms with E-state index in [0.717, 1.165) is 0 Å². The Kier molecular flexibility index (Phi) is 6.31. The summed E-state index contributed by atoms with van der Waals surface area (Å²) >= 11 is 0. The van der Waals surface area contributed by atoms with Crippen LogP contribution in [0.2, 0.25) is 0 Å². The molecule has 15 heavy (non-hydrogen) atoms. The van der Waals surface area contributed by atoms with Gasteiger partial charge in [0.2, 0.25) is 0 Å². The molecule has 92 valence electrons. The smallest absolute Gasteiger partial charge is 0.166 e. The Balaban J connectivity index is 4.04. The molecule has 0 radical (unpaired) electrons. The molecule has 0 spiro atoms. The van der Waals surface area contributed by atoms with Gasteiger partial charge in [-0.3, -0.25) is 0 Å². The van der Waals surface area contributed by atoms with Crippen molar-refractivity contribution in [1.82, 2.24) is 0 Å². The van der Waals surface area contributed by atoms with Crippen LogP contribution in [0, 0.1) is 0 Å². The van der Waals surface area contributed by atoms with E-state index >= 15 is 0 Å². The molecule has 2 atom stereocenters. The van der Waals surface area contributed by atoms with Crippen molar-refractivity contribution >= 4 is 0 Å². The Morgan fingerprint density at radius 1 is 0.933 bits per heavy atom. The molecule has 0 rings (SSSR count). The Morgan fingerprint density at radius 3 is 1.53 bits per heavy atom. The van der Waals surface area contributed by atoms with Gasteiger partial charge in [0, 0.05) is 12.8 Å². The van der Waals surface area contributed by atoms with Crippen LogP contribution in [0.15, 0.2) is 0 Å². The van der Waals surface area contributed by atoms with Crippen LogP contribution in [-0.2, 0) is 4.74 Å². The highest BCUT2D eigenvalue weighted by Gasteiger charge is 2.31. The van der Waals surface area contributed by atoms with Gasteiger partial charge in [-0.15, -0.1) is 0 Å². The van der Waals surface area contributed by atoms with Crippen molar-refractivity contribution in [3.05, 3.63) is 0 Å². The van der Waals surface area contributed by atoms with E-state index in [-0.39, 0.29) is 0 Å². The molecule has 6 N–H and O–H groups in total. The number of rotatable bonds is 8. The number of aliphatic hydroxyl groups is 2. The molecule has 5 nitrogen and oxygen atoms in total. The summed E-state index contributed by atoms with van der Waals surface area (Å²) in [4.78, 5) is 0. The zero-order valence-electron chi connectivity index (χ0n) is 9.70. The second-order valence-corrected chi connectivity index (χ2v) is 4.24. The molecule has 0 fully saturated rings. The average molecular weight is 220 g/mol. The Morgan fingerprint density at radius 2 is 1.27 bits per heavy atom.